The first-order valence-electron chi connectivity index (χ1n) is 11.1. The van der Waals surface area contributed by atoms with E-state index in [2.05, 4.69) is 5.32 Å². The zero-order valence-electron chi connectivity index (χ0n) is 19.2. The molecule has 2 aromatic rings. The van der Waals surface area contributed by atoms with E-state index in [1.54, 1.807) is 13.0 Å². The van der Waals surface area contributed by atoms with Crippen molar-refractivity contribution in [2.75, 3.05) is 13.1 Å². The van der Waals surface area contributed by atoms with Crippen LogP contribution < -0.4 is 5.32 Å². The standard InChI is InChI=1S/C24H28FN3O5S/c1-3-4-14-26-23(30)17(2)27(16-18-9-11-19(25)12-10-18)22(29)13-15-28-24(31)20-7-5-6-8-21(20)34(28,32)33/h5-12,17H,3-4,13-16H2,1-2H3,(H,26,30)/t17-/m0/s1. The fourth-order valence-electron chi connectivity index (χ4n) is 3.70. The van der Waals surface area contributed by atoms with E-state index in [1.807, 2.05) is 6.92 Å². The van der Waals surface area contributed by atoms with E-state index in [9.17, 15) is 27.2 Å². The molecule has 1 aliphatic rings. The van der Waals surface area contributed by atoms with Gasteiger partial charge < -0.3 is 10.2 Å². The first-order chi connectivity index (χ1) is 16.2. The number of rotatable bonds is 10. The summed E-state index contributed by atoms with van der Waals surface area (Å²) in [6.45, 7) is 3.72. The molecule has 1 N–H and O–H groups in total. The van der Waals surface area contributed by atoms with Crippen molar-refractivity contribution in [1.29, 1.82) is 0 Å². The zero-order valence-corrected chi connectivity index (χ0v) is 20.0. The van der Waals surface area contributed by atoms with Gasteiger partial charge in [0.25, 0.3) is 15.9 Å². The molecule has 0 unspecified atom stereocenters. The van der Waals surface area contributed by atoms with Crippen molar-refractivity contribution < 1.29 is 27.2 Å². The van der Waals surface area contributed by atoms with Crippen molar-refractivity contribution in [2.24, 2.45) is 0 Å². The van der Waals surface area contributed by atoms with E-state index in [0.29, 0.717) is 16.4 Å². The maximum atomic E-state index is 13.3. The molecular weight excluding hydrogens is 461 g/mol. The molecule has 1 aliphatic heterocycles. The van der Waals surface area contributed by atoms with E-state index in [1.165, 1.54) is 47.4 Å². The molecule has 3 amide bonds. The summed E-state index contributed by atoms with van der Waals surface area (Å²) in [5, 5.41) is 2.79. The molecular formula is C24H28FN3O5S. The summed E-state index contributed by atoms with van der Waals surface area (Å²) in [5.41, 5.74) is 0.682. The molecule has 8 nitrogen and oxygen atoms in total. The van der Waals surface area contributed by atoms with Gasteiger partial charge in [0.15, 0.2) is 0 Å². The van der Waals surface area contributed by atoms with Crippen LogP contribution in [0.25, 0.3) is 0 Å². The van der Waals surface area contributed by atoms with Gasteiger partial charge >= 0.3 is 0 Å². The summed E-state index contributed by atoms with van der Waals surface area (Å²) in [5.74, 6) is -1.95. The molecule has 0 radical (unpaired) electrons. The minimum absolute atomic E-state index is 0.0302. The third-order valence-corrected chi connectivity index (χ3v) is 7.54. The highest BCUT2D eigenvalue weighted by atomic mass is 32.2. The number of benzene rings is 2. The Kier molecular flexibility index (Phi) is 8.03. The maximum Gasteiger partial charge on any atom is 0.269 e. The number of hydrogen-bond acceptors (Lipinski definition) is 5. The van der Waals surface area contributed by atoms with Gasteiger partial charge in [-0.15, -0.1) is 0 Å². The van der Waals surface area contributed by atoms with E-state index in [-0.39, 0.29) is 35.9 Å². The minimum atomic E-state index is -4.04. The van der Waals surface area contributed by atoms with Gasteiger partial charge in [-0.05, 0) is 43.2 Å². The third-order valence-electron chi connectivity index (χ3n) is 5.70. The Morgan fingerprint density at radius 1 is 1.12 bits per heavy atom. The number of unbranched alkanes of at least 4 members (excludes halogenated alkanes) is 1. The number of nitrogens with zero attached hydrogens (tertiary/aromatic N) is 2. The SMILES string of the molecule is CCCCNC(=O)[C@H](C)N(Cc1ccc(F)cc1)C(=O)CCN1C(=O)c2ccccc2S1(=O)=O. The van der Waals surface area contributed by atoms with Crippen LogP contribution in [-0.2, 0) is 26.2 Å². The fraction of sp³-hybridized carbons (Fsp3) is 0.375. The lowest BCUT2D eigenvalue weighted by Gasteiger charge is -2.29. The van der Waals surface area contributed by atoms with Crippen LogP contribution in [0.3, 0.4) is 0 Å². The van der Waals surface area contributed by atoms with Crippen LogP contribution >= 0.6 is 0 Å². The Morgan fingerprint density at radius 3 is 2.44 bits per heavy atom. The first-order valence-corrected chi connectivity index (χ1v) is 12.6. The fourth-order valence-corrected chi connectivity index (χ4v) is 5.27. The van der Waals surface area contributed by atoms with Crippen molar-refractivity contribution in [1.82, 2.24) is 14.5 Å². The summed E-state index contributed by atoms with van der Waals surface area (Å²) in [6.07, 6.45) is 1.39. The van der Waals surface area contributed by atoms with Crippen molar-refractivity contribution in [3.05, 3.63) is 65.5 Å². The Morgan fingerprint density at radius 2 is 1.79 bits per heavy atom. The van der Waals surface area contributed by atoms with Gasteiger partial charge in [0.05, 0.1) is 5.56 Å². The lowest BCUT2D eigenvalue weighted by Crippen LogP contribution is -2.48. The molecule has 1 atom stereocenters. The number of fused-ring (bicyclic) bond motifs is 1. The minimum Gasteiger partial charge on any atom is -0.354 e. The molecule has 1 heterocycles. The maximum absolute atomic E-state index is 13.3. The molecule has 0 saturated heterocycles. The number of hydrogen-bond donors (Lipinski definition) is 1. The number of carbonyl (C=O) groups is 3. The summed E-state index contributed by atoms with van der Waals surface area (Å²) in [4.78, 5) is 39.7. The number of halogens is 1. The van der Waals surface area contributed by atoms with Gasteiger partial charge in [-0.2, -0.15) is 0 Å². The summed E-state index contributed by atoms with van der Waals surface area (Å²) >= 11 is 0. The van der Waals surface area contributed by atoms with Crippen LogP contribution in [0.2, 0.25) is 0 Å². The van der Waals surface area contributed by atoms with Crippen molar-refractivity contribution in [2.45, 2.75) is 50.6 Å². The monoisotopic (exact) mass is 489 g/mol. The summed E-state index contributed by atoms with van der Waals surface area (Å²) in [7, 11) is -4.04. The van der Waals surface area contributed by atoms with Crippen molar-refractivity contribution in [3.8, 4) is 0 Å². The van der Waals surface area contributed by atoms with Crippen LogP contribution in [0.15, 0.2) is 53.4 Å². The molecule has 0 saturated carbocycles. The third kappa shape index (κ3) is 5.44. The van der Waals surface area contributed by atoms with Crippen molar-refractivity contribution >= 4 is 27.7 Å². The van der Waals surface area contributed by atoms with Gasteiger partial charge in [0.2, 0.25) is 11.8 Å². The second-order valence-electron chi connectivity index (χ2n) is 8.10. The first kappa shape index (κ1) is 25.4. The van der Waals surface area contributed by atoms with Crippen LogP contribution in [0, 0.1) is 5.82 Å². The van der Waals surface area contributed by atoms with Gasteiger partial charge in [0, 0.05) is 26.1 Å². The van der Waals surface area contributed by atoms with Gasteiger partial charge in [-0.1, -0.05) is 37.6 Å². The molecule has 0 bridgehead atoms. The normalized spacial score (nSPS) is 15.0. The quantitative estimate of drug-likeness (QED) is 0.517. The molecule has 2 aromatic carbocycles. The second kappa shape index (κ2) is 10.8. The molecule has 34 heavy (non-hydrogen) atoms. The largest absolute Gasteiger partial charge is 0.354 e. The average Bonchev–Trinajstić information content (AvgIpc) is 3.02. The Labute approximate surface area is 198 Å². The number of sulfonamides is 1. The average molecular weight is 490 g/mol. The van der Waals surface area contributed by atoms with Gasteiger partial charge in [-0.3, -0.25) is 14.4 Å². The van der Waals surface area contributed by atoms with Crippen LogP contribution in [0.4, 0.5) is 4.39 Å². The lowest BCUT2D eigenvalue weighted by molar-refractivity contribution is -0.140. The number of nitrogens with one attached hydrogen (secondary N) is 1. The van der Waals surface area contributed by atoms with Gasteiger partial charge in [-0.25, -0.2) is 17.1 Å². The molecule has 0 aromatic heterocycles. The number of carbonyl (C=O) groups excluding carboxylic acids is 3. The topological polar surface area (TPSA) is 104 Å². The molecule has 3 rings (SSSR count). The number of amides is 3. The Balaban J connectivity index is 1.76. The molecule has 0 spiro atoms. The molecule has 0 fully saturated rings. The lowest BCUT2D eigenvalue weighted by atomic mass is 10.1. The predicted molar refractivity (Wildman–Crippen MR) is 124 cm³/mol. The highest BCUT2D eigenvalue weighted by Gasteiger charge is 2.41. The second-order valence-corrected chi connectivity index (χ2v) is 9.93. The molecule has 182 valence electrons. The van der Waals surface area contributed by atoms with E-state index >= 15 is 0 Å². The smallest absolute Gasteiger partial charge is 0.269 e. The van der Waals surface area contributed by atoms with Gasteiger partial charge in [0.1, 0.15) is 16.8 Å². The zero-order chi connectivity index (χ0) is 24.9. The van der Waals surface area contributed by atoms with Crippen molar-refractivity contribution in [3.63, 3.8) is 0 Å². The van der Waals surface area contributed by atoms with E-state index in [0.717, 1.165) is 12.8 Å². The van der Waals surface area contributed by atoms with Crippen LogP contribution in [0.5, 0.6) is 0 Å². The predicted octanol–water partition coefficient (Wildman–Crippen LogP) is 2.69. The van der Waals surface area contributed by atoms with E-state index in [4.69, 9.17) is 0 Å². The Hall–Kier alpha value is -3.27. The summed E-state index contributed by atoms with van der Waals surface area (Å²) in [6, 6.07) is 10.6. The summed E-state index contributed by atoms with van der Waals surface area (Å²) < 4.78 is 39.5. The highest BCUT2D eigenvalue weighted by molar-refractivity contribution is 7.90. The Bertz CT molecular complexity index is 1170. The molecule has 0 aliphatic carbocycles. The van der Waals surface area contributed by atoms with Crippen LogP contribution in [-0.4, -0.2) is 54.5 Å². The van der Waals surface area contributed by atoms with Crippen LogP contribution in [0.1, 0.15) is 49.0 Å². The highest BCUT2D eigenvalue weighted by Crippen LogP contribution is 2.30. The molecule has 10 heteroatoms. The van der Waals surface area contributed by atoms with E-state index < -0.39 is 33.7 Å².